The Morgan fingerprint density at radius 2 is 1.94 bits per heavy atom. The molecule has 2 aliphatic rings. The first-order valence-corrected chi connectivity index (χ1v) is 11.8. The van der Waals surface area contributed by atoms with Crippen LogP contribution in [0.4, 0.5) is 22.5 Å². The summed E-state index contributed by atoms with van der Waals surface area (Å²) in [6, 6.07) is 1.79. The van der Waals surface area contributed by atoms with Gasteiger partial charge in [-0.25, -0.2) is 19.7 Å². The number of aliphatic hydroxyl groups excluding tert-OH is 1. The van der Waals surface area contributed by atoms with Crippen LogP contribution in [0.1, 0.15) is 33.6 Å². The Hall–Kier alpha value is -3.25. The number of nitrogens with two attached hydrogens (primary N) is 1. The van der Waals surface area contributed by atoms with E-state index in [1.54, 1.807) is 23.4 Å². The van der Waals surface area contributed by atoms with Gasteiger partial charge in [-0.1, -0.05) is 0 Å². The zero-order chi connectivity index (χ0) is 25.1. The van der Waals surface area contributed by atoms with Crippen LogP contribution in [0.2, 0.25) is 0 Å². The highest BCUT2D eigenvalue weighted by molar-refractivity contribution is 5.69. The highest BCUT2D eigenvalue weighted by atomic mass is 16.6. The molecule has 2 fully saturated rings. The molecule has 2 aromatic rings. The second-order valence-corrected chi connectivity index (χ2v) is 9.94. The summed E-state index contributed by atoms with van der Waals surface area (Å²) in [5, 5.41) is 13.8. The molecule has 0 radical (unpaired) electrons. The molecule has 190 valence electrons. The third-order valence-corrected chi connectivity index (χ3v) is 5.90. The van der Waals surface area contributed by atoms with Gasteiger partial charge in [-0.05, 0) is 33.6 Å². The topological polar surface area (TPSA) is 152 Å². The van der Waals surface area contributed by atoms with Crippen molar-refractivity contribution in [1.29, 1.82) is 0 Å². The molecule has 2 saturated heterocycles. The average molecular weight is 487 g/mol. The number of rotatable bonds is 5. The summed E-state index contributed by atoms with van der Waals surface area (Å²) in [6.45, 7) is 8.69. The monoisotopic (exact) mass is 486 g/mol. The number of hydrogen-bond acceptors (Lipinski definition) is 11. The molecule has 35 heavy (non-hydrogen) atoms. The van der Waals surface area contributed by atoms with E-state index in [4.69, 9.17) is 25.2 Å². The van der Waals surface area contributed by atoms with Gasteiger partial charge in [-0.15, -0.1) is 0 Å². The first-order chi connectivity index (χ1) is 16.7. The van der Waals surface area contributed by atoms with Crippen LogP contribution in [0, 0.1) is 0 Å². The predicted molar refractivity (Wildman–Crippen MR) is 131 cm³/mol. The Kier molecular flexibility index (Phi) is 7.22. The number of nitrogens with one attached hydrogen (secondary N) is 1. The number of ether oxygens (including phenoxy) is 2. The number of likely N-dealkylation sites (tertiary alicyclic amines) is 1. The van der Waals surface area contributed by atoms with Crippen LogP contribution in [0.3, 0.4) is 0 Å². The van der Waals surface area contributed by atoms with E-state index >= 15 is 0 Å². The number of morpholine rings is 1. The van der Waals surface area contributed by atoms with Crippen molar-refractivity contribution >= 4 is 23.8 Å². The zero-order valence-corrected chi connectivity index (χ0v) is 20.5. The largest absolute Gasteiger partial charge is 0.444 e. The van der Waals surface area contributed by atoms with E-state index in [0.29, 0.717) is 68.7 Å². The van der Waals surface area contributed by atoms with Crippen LogP contribution >= 0.6 is 0 Å². The molecule has 2 aliphatic heterocycles. The van der Waals surface area contributed by atoms with Crippen LogP contribution in [-0.2, 0) is 9.47 Å². The van der Waals surface area contributed by atoms with E-state index in [1.807, 2.05) is 20.8 Å². The summed E-state index contributed by atoms with van der Waals surface area (Å²) in [4.78, 5) is 34.1. The van der Waals surface area contributed by atoms with Crippen LogP contribution < -0.4 is 16.0 Å². The first-order valence-electron chi connectivity index (χ1n) is 11.8. The Balaban J connectivity index is 1.63. The molecule has 0 bridgehead atoms. The standard InChI is InChI=1S/C23H34N8O4/c1-22(2,3)35-21(33)31-6-4-5-23(14-31,15-32)29-18-11-17(16-12-25-19(24)26-13-16)27-20(28-18)30-7-9-34-10-8-30/h11-13,32H,4-10,14-15H2,1-3H3,(H2,24,25,26)(H,27,28,29). The van der Waals surface area contributed by atoms with Crippen LogP contribution in [-0.4, -0.2) is 93.2 Å². The molecule has 4 N–H and O–H groups in total. The Morgan fingerprint density at radius 1 is 1.23 bits per heavy atom. The predicted octanol–water partition coefficient (Wildman–Crippen LogP) is 1.53. The van der Waals surface area contributed by atoms with Gasteiger partial charge in [0.25, 0.3) is 0 Å². The Bertz CT molecular complexity index is 1020. The van der Waals surface area contributed by atoms with Gasteiger partial charge in [0.15, 0.2) is 0 Å². The van der Waals surface area contributed by atoms with Gasteiger partial charge >= 0.3 is 6.09 Å². The second kappa shape index (κ2) is 10.2. The molecule has 0 spiro atoms. The highest BCUT2D eigenvalue weighted by Gasteiger charge is 2.38. The van der Waals surface area contributed by atoms with Gasteiger partial charge in [0, 0.05) is 50.2 Å². The summed E-state index contributed by atoms with van der Waals surface area (Å²) >= 11 is 0. The second-order valence-electron chi connectivity index (χ2n) is 9.94. The third kappa shape index (κ3) is 6.25. The zero-order valence-electron chi connectivity index (χ0n) is 20.5. The van der Waals surface area contributed by atoms with Crippen molar-refractivity contribution in [2.24, 2.45) is 0 Å². The molecule has 4 heterocycles. The lowest BCUT2D eigenvalue weighted by atomic mass is 9.90. The van der Waals surface area contributed by atoms with Crippen molar-refractivity contribution in [2.75, 3.05) is 62.0 Å². The van der Waals surface area contributed by atoms with Gasteiger partial charge in [0.2, 0.25) is 11.9 Å². The molecule has 12 heteroatoms. The first kappa shape index (κ1) is 24.9. The summed E-state index contributed by atoms with van der Waals surface area (Å²) in [6.07, 6.45) is 4.22. The van der Waals surface area contributed by atoms with Crippen molar-refractivity contribution in [3.63, 3.8) is 0 Å². The number of amides is 1. The fourth-order valence-electron chi connectivity index (χ4n) is 4.18. The van der Waals surface area contributed by atoms with Crippen molar-refractivity contribution in [3.05, 3.63) is 18.5 Å². The fourth-order valence-corrected chi connectivity index (χ4v) is 4.18. The molecular formula is C23H34N8O4. The Labute approximate surface area is 204 Å². The maximum absolute atomic E-state index is 12.7. The molecule has 0 aliphatic carbocycles. The van der Waals surface area contributed by atoms with E-state index < -0.39 is 17.2 Å². The summed E-state index contributed by atoms with van der Waals surface area (Å²) in [7, 11) is 0. The lowest BCUT2D eigenvalue weighted by Gasteiger charge is -2.42. The van der Waals surface area contributed by atoms with E-state index in [9.17, 15) is 9.90 Å². The molecular weight excluding hydrogens is 452 g/mol. The van der Waals surface area contributed by atoms with Gasteiger partial charge in [-0.3, -0.25) is 0 Å². The molecule has 1 atom stereocenters. The van der Waals surface area contributed by atoms with Crippen LogP contribution in [0.5, 0.6) is 0 Å². The number of hydrogen-bond donors (Lipinski definition) is 3. The molecule has 1 amide bonds. The van der Waals surface area contributed by atoms with Gasteiger partial charge in [0.05, 0.1) is 31.1 Å². The van der Waals surface area contributed by atoms with E-state index in [0.717, 1.165) is 0 Å². The van der Waals surface area contributed by atoms with Crippen LogP contribution in [0.15, 0.2) is 18.5 Å². The normalized spacial score (nSPS) is 21.0. The van der Waals surface area contributed by atoms with Crippen molar-refractivity contribution < 1.29 is 19.4 Å². The maximum atomic E-state index is 12.7. The number of nitrogen functional groups attached to an aromatic ring is 1. The number of carbonyl (C=O) groups excluding carboxylic acids is 1. The smallest absolute Gasteiger partial charge is 0.410 e. The minimum atomic E-state index is -0.777. The van der Waals surface area contributed by atoms with E-state index in [2.05, 4.69) is 20.2 Å². The van der Waals surface area contributed by atoms with Crippen LogP contribution in [0.25, 0.3) is 11.3 Å². The molecule has 0 aromatic carbocycles. The minimum Gasteiger partial charge on any atom is -0.444 e. The Morgan fingerprint density at radius 3 is 2.60 bits per heavy atom. The fraction of sp³-hybridized carbons (Fsp3) is 0.609. The lowest BCUT2D eigenvalue weighted by Crippen LogP contribution is -2.57. The van der Waals surface area contributed by atoms with Gasteiger partial charge in [-0.2, -0.15) is 4.98 Å². The van der Waals surface area contributed by atoms with E-state index in [1.165, 1.54) is 0 Å². The van der Waals surface area contributed by atoms with Crippen molar-refractivity contribution in [3.8, 4) is 11.3 Å². The lowest BCUT2D eigenvalue weighted by molar-refractivity contribution is 0.0113. The van der Waals surface area contributed by atoms with Gasteiger partial charge in [0.1, 0.15) is 11.4 Å². The number of carbonyl (C=O) groups is 1. The number of aromatic nitrogens is 4. The molecule has 12 nitrogen and oxygen atoms in total. The highest BCUT2D eigenvalue weighted by Crippen LogP contribution is 2.29. The number of aliphatic hydroxyl groups is 1. The van der Waals surface area contributed by atoms with E-state index in [-0.39, 0.29) is 19.1 Å². The molecule has 4 rings (SSSR count). The number of nitrogens with zero attached hydrogens (tertiary/aromatic N) is 6. The number of piperidine rings is 1. The summed E-state index contributed by atoms with van der Waals surface area (Å²) in [5.41, 5.74) is 5.59. The molecule has 1 unspecified atom stereocenters. The molecule has 2 aromatic heterocycles. The average Bonchev–Trinajstić information content (AvgIpc) is 2.84. The van der Waals surface area contributed by atoms with Crippen molar-refractivity contribution in [1.82, 2.24) is 24.8 Å². The SMILES string of the molecule is CC(C)(C)OC(=O)N1CCCC(CO)(Nc2cc(-c3cnc(N)nc3)nc(N3CCOCC3)n2)C1. The quantitative estimate of drug-likeness (QED) is 0.564. The third-order valence-electron chi connectivity index (χ3n) is 5.90. The number of anilines is 3. The van der Waals surface area contributed by atoms with Gasteiger partial charge < -0.3 is 35.4 Å². The van der Waals surface area contributed by atoms with Crippen molar-refractivity contribution in [2.45, 2.75) is 44.8 Å². The maximum Gasteiger partial charge on any atom is 0.410 e. The molecule has 0 saturated carbocycles. The minimum absolute atomic E-state index is 0.177. The summed E-state index contributed by atoms with van der Waals surface area (Å²) < 4.78 is 11.0. The summed E-state index contributed by atoms with van der Waals surface area (Å²) in [5.74, 6) is 1.25.